The largest absolute Gasteiger partial charge is 0.453 e. The maximum atomic E-state index is 12.6. The molecule has 4 heteroatoms. The molecule has 3 aliphatic rings. The van der Waals surface area contributed by atoms with Gasteiger partial charge in [-0.2, -0.15) is 0 Å². The van der Waals surface area contributed by atoms with E-state index in [0.29, 0.717) is 0 Å². The van der Waals surface area contributed by atoms with E-state index in [0.717, 1.165) is 38.6 Å². The van der Waals surface area contributed by atoms with Crippen molar-refractivity contribution in [3.63, 3.8) is 0 Å². The molecule has 0 bridgehead atoms. The van der Waals surface area contributed by atoms with Crippen LogP contribution in [0.2, 0.25) is 0 Å². The van der Waals surface area contributed by atoms with Gasteiger partial charge in [0.05, 0.1) is 12.5 Å². The minimum Gasteiger partial charge on any atom is -0.453 e. The van der Waals surface area contributed by atoms with Crippen LogP contribution >= 0.6 is 0 Å². The number of anilines is 1. The number of methoxy groups -OCH3 is 1. The lowest BCUT2D eigenvalue weighted by molar-refractivity contribution is 0.0683. The highest BCUT2D eigenvalue weighted by Gasteiger charge is 2.69. The molecule has 1 amide bonds. The molecule has 1 aromatic carbocycles. The van der Waals surface area contributed by atoms with Crippen molar-refractivity contribution in [2.45, 2.75) is 43.2 Å². The van der Waals surface area contributed by atoms with E-state index in [1.807, 2.05) is 4.90 Å². The van der Waals surface area contributed by atoms with Crippen molar-refractivity contribution in [2.75, 3.05) is 25.6 Å². The van der Waals surface area contributed by atoms with E-state index in [4.69, 9.17) is 4.74 Å². The van der Waals surface area contributed by atoms with E-state index < -0.39 is 0 Å². The maximum Gasteiger partial charge on any atom is 0.411 e. The Hall–Kier alpha value is -1.97. The number of ether oxygens (including phenoxy) is 1. The zero-order valence-electron chi connectivity index (χ0n) is 14.0. The summed E-state index contributed by atoms with van der Waals surface area (Å²) in [5.74, 6) is 0. The van der Waals surface area contributed by atoms with E-state index in [-0.39, 0.29) is 17.2 Å². The Balaban J connectivity index is 2.01. The van der Waals surface area contributed by atoms with Crippen LogP contribution in [-0.4, -0.2) is 37.4 Å². The van der Waals surface area contributed by atoms with E-state index in [9.17, 15) is 4.79 Å². The molecule has 0 spiro atoms. The fourth-order valence-electron chi connectivity index (χ4n) is 5.48. The summed E-state index contributed by atoms with van der Waals surface area (Å²) in [6, 6.07) is 8.58. The number of fused-ring (bicyclic) bond motifs is 1. The van der Waals surface area contributed by atoms with E-state index >= 15 is 0 Å². The average molecular weight is 312 g/mol. The average Bonchev–Trinajstić information content (AvgIpc) is 2.97. The number of carbonyl (C=O) groups is 1. The molecule has 23 heavy (non-hydrogen) atoms. The molecule has 4 nitrogen and oxygen atoms in total. The van der Waals surface area contributed by atoms with Crippen LogP contribution < -0.4 is 4.90 Å². The second-order valence-electron chi connectivity index (χ2n) is 6.98. The van der Waals surface area contributed by atoms with Crippen LogP contribution in [0.5, 0.6) is 0 Å². The highest BCUT2D eigenvalue weighted by Crippen LogP contribution is 2.64. The summed E-state index contributed by atoms with van der Waals surface area (Å²) in [5, 5.41) is 0. The normalized spacial score (nSPS) is 32.2. The first-order valence-corrected chi connectivity index (χ1v) is 8.47. The minimum absolute atomic E-state index is 0.164. The van der Waals surface area contributed by atoms with Crippen LogP contribution in [0.3, 0.4) is 0 Å². The molecular weight excluding hydrogens is 288 g/mol. The number of para-hydroxylation sites is 1. The third-order valence-corrected chi connectivity index (χ3v) is 6.37. The predicted molar refractivity (Wildman–Crippen MR) is 90.6 cm³/mol. The molecule has 0 radical (unpaired) electrons. The van der Waals surface area contributed by atoms with Crippen molar-refractivity contribution in [3.8, 4) is 0 Å². The number of amides is 1. The molecular formula is C19H24N2O2. The van der Waals surface area contributed by atoms with Crippen LogP contribution in [0, 0.1) is 0 Å². The van der Waals surface area contributed by atoms with Crippen LogP contribution in [0.25, 0.3) is 0 Å². The van der Waals surface area contributed by atoms with Crippen molar-refractivity contribution in [3.05, 3.63) is 42.0 Å². The summed E-state index contributed by atoms with van der Waals surface area (Å²) >= 11 is 0. The molecule has 122 valence electrons. The Morgan fingerprint density at radius 2 is 2.04 bits per heavy atom. The highest BCUT2D eigenvalue weighted by atomic mass is 16.5. The fraction of sp³-hybridized carbons (Fsp3) is 0.526. The SMILES string of the molecule is C=C1CCCC[C@@]23N(C(=O)OC)CC[C@@]12c1ccccc1N3C. The number of nitrogens with zero attached hydrogens (tertiary/aromatic N) is 2. The van der Waals surface area contributed by atoms with Gasteiger partial charge in [0.15, 0.2) is 0 Å². The van der Waals surface area contributed by atoms with Crippen molar-refractivity contribution >= 4 is 11.8 Å². The summed E-state index contributed by atoms with van der Waals surface area (Å²) in [4.78, 5) is 16.8. The van der Waals surface area contributed by atoms with Crippen molar-refractivity contribution in [1.29, 1.82) is 0 Å². The van der Waals surface area contributed by atoms with Gasteiger partial charge in [-0.1, -0.05) is 30.4 Å². The topological polar surface area (TPSA) is 32.8 Å². The first-order chi connectivity index (χ1) is 11.1. The van der Waals surface area contributed by atoms with Crippen molar-refractivity contribution in [2.24, 2.45) is 0 Å². The number of benzene rings is 1. The third-order valence-electron chi connectivity index (χ3n) is 6.37. The Morgan fingerprint density at radius 3 is 2.83 bits per heavy atom. The highest BCUT2D eigenvalue weighted by molar-refractivity contribution is 5.77. The van der Waals surface area contributed by atoms with Crippen molar-refractivity contribution < 1.29 is 9.53 Å². The number of likely N-dealkylation sites (N-methyl/N-ethyl adjacent to an activating group) is 1. The molecule has 4 rings (SSSR count). The summed E-state index contributed by atoms with van der Waals surface area (Å²) in [6.45, 7) is 5.22. The molecule has 2 atom stereocenters. The zero-order valence-corrected chi connectivity index (χ0v) is 14.0. The summed E-state index contributed by atoms with van der Waals surface area (Å²) in [6.07, 6.45) is 4.97. The lowest BCUT2D eigenvalue weighted by Gasteiger charge is -2.49. The summed E-state index contributed by atoms with van der Waals surface area (Å²) < 4.78 is 5.14. The Morgan fingerprint density at radius 1 is 1.26 bits per heavy atom. The van der Waals surface area contributed by atoms with Crippen LogP contribution in [-0.2, 0) is 10.2 Å². The van der Waals surface area contributed by atoms with Gasteiger partial charge in [0.2, 0.25) is 0 Å². The molecule has 1 saturated carbocycles. The van der Waals surface area contributed by atoms with Gasteiger partial charge in [0.1, 0.15) is 5.66 Å². The lowest BCUT2D eigenvalue weighted by atomic mass is 9.67. The zero-order chi connectivity index (χ0) is 16.2. The van der Waals surface area contributed by atoms with Crippen LogP contribution in [0.1, 0.15) is 37.7 Å². The number of rotatable bonds is 0. The van der Waals surface area contributed by atoms with Gasteiger partial charge in [-0.3, -0.25) is 4.90 Å². The Labute approximate surface area is 137 Å². The summed E-state index contributed by atoms with van der Waals surface area (Å²) in [5.41, 5.74) is 3.31. The standard InChI is InChI=1S/C19H24N2O2/c1-14-8-6-7-11-19-18(14,12-13-21(19)17(22)23-3)15-9-4-5-10-16(15)20(19)2/h4-5,9-10H,1,6-8,11-13H2,2-3H3/t18-,19+/m0/s1. The van der Waals surface area contributed by atoms with Gasteiger partial charge < -0.3 is 9.64 Å². The first kappa shape index (κ1) is 14.6. The molecule has 2 heterocycles. The van der Waals surface area contributed by atoms with Gasteiger partial charge in [0, 0.05) is 19.3 Å². The quantitative estimate of drug-likeness (QED) is 0.685. The second kappa shape index (κ2) is 4.76. The molecule has 2 aliphatic heterocycles. The second-order valence-corrected chi connectivity index (χ2v) is 6.98. The maximum absolute atomic E-state index is 12.6. The third kappa shape index (κ3) is 1.49. The fourth-order valence-corrected chi connectivity index (χ4v) is 5.48. The molecule has 0 unspecified atom stereocenters. The molecule has 2 fully saturated rings. The van der Waals surface area contributed by atoms with Gasteiger partial charge in [-0.25, -0.2) is 4.79 Å². The smallest absolute Gasteiger partial charge is 0.411 e. The van der Waals surface area contributed by atoms with E-state index in [1.54, 1.807) is 0 Å². The Bertz CT molecular complexity index is 686. The van der Waals surface area contributed by atoms with Gasteiger partial charge >= 0.3 is 6.09 Å². The number of hydrogen-bond donors (Lipinski definition) is 0. The van der Waals surface area contributed by atoms with Gasteiger partial charge in [-0.15, -0.1) is 0 Å². The number of carbonyl (C=O) groups excluding carboxylic acids is 1. The predicted octanol–water partition coefficient (Wildman–Crippen LogP) is 3.67. The molecule has 0 N–H and O–H groups in total. The molecule has 0 aromatic heterocycles. The van der Waals surface area contributed by atoms with Gasteiger partial charge in [0.25, 0.3) is 0 Å². The van der Waals surface area contributed by atoms with Gasteiger partial charge in [-0.05, 0) is 43.7 Å². The number of hydrogen-bond acceptors (Lipinski definition) is 3. The van der Waals surface area contributed by atoms with Crippen LogP contribution in [0.15, 0.2) is 36.4 Å². The van der Waals surface area contributed by atoms with E-state index in [2.05, 4.69) is 42.8 Å². The first-order valence-electron chi connectivity index (χ1n) is 8.47. The molecule has 1 aliphatic carbocycles. The van der Waals surface area contributed by atoms with E-state index in [1.165, 1.54) is 23.9 Å². The van der Waals surface area contributed by atoms with Crippen molar-refractivity contribution in [1.82, 2.24) is 4.90 Å². The summed E-state index contributed by atoms with van der Waals surface area (Å²) in [7, 11) is 3.60. The Kier molecular flexibility index (Phi) is 3.03. The molecule has 1 aromatic rings. The minimum atomic E-state index is -0.364. The number of likely N-dealkylation sites (tertiary alicyclic amines) is 1. The monoisotopic (exact) mass is 312 g/mol. The lowest BCUT2D eigenvalue weighted by Crippen LogP contribution is -2.63. The van der Waals surface area contributed by atoms with Crippen LogP contribution in [0.4, 0.5) is 10.5 Å². The molecule has 1 saturated heterocycles.